The van der Waals surface area contributed by atoms with Crippen molar-refractivity contribution in [2.75, 3.05) is 6.54 Å². The van der Waals surface area contributed by atoms with Crippen LogP contribution in [0, 0.1) is 5.41 Å². The minimum absolute atomic E-state index is 0.107. The van der Waals surface area contributed by atoms with Crippen molar-refractivity contribution >= 4 is 0 Å². The molecule has 1 aliphatic rings. The predicted octanol–water partition coefficient (Wildman–Crippen LogP) is 4.65. The van der Waals surface area contributed by atoms with Gasteiger partial charge in [-0.1, -0.05) is 31.1 Å². The lowest BCUT2D eigenvalue weighted by molar-refractivity contribution is -0.138. The first kappa shape index (κ1) is 21.5. The minimum atomic E-state index is -4.49. The van der Waals surface area contributed by atoms with Crippen LogP contribution >= 0.6 is 0 Å². The Labute approximate surface area is 178 Å². The molecule has 2 aromatic heterocycles. The molecule has 0 saturated heterocycles. The number of aryl methyl sites for hydroxylation is 1. The Kier molecular flexibility index (Phi) is 5.41. The van der Waals surface area contributed by atoms with E-state index < -0.39 is 11.7 Å². The highest BCUT2D eigenvalue weighted by molar-refractivity contribution is 5.62. The summed E-state index contributed by atoms with van der Waals surface area (Å²) in [5, 5.41) is 8.62. The van der Waals surface area contributed by atoms with Crippen molar-refractivity contribution in [2.45, 2.75) is 59.2 Å². The summed E-state index contributed by atoms with van der Waals surface area (Å²) >= 11 is 0. The van der Waals surface area contributed by atoms with E-state index in [0.717, 1.165) is 37.4 Å². The molecule has 166 valence electrons. The van der Waals surface area contributed by atoms with Crippen molar-refractivity contribution in [3.63, 3.8) is 0 Å². The second-order valence-corrected chi connectivity index (χ2v) is 8.76. The van der Waals surface area contributed by atoms with Crippen LogP contribution in [0.5, 0.6) is 0 Å². The van der Waals surface area contributed by atoms with Crippen molar-refractivity contribution in [1.29, 1.82) is 0 Å². The van der Waals surface area contributed by atoms with Gasteiger partial charge in [0.25, 0.3) is 5.89 Å². The maximum Gasteiger partial charge on any atom is 0.416 e. The number of alkyl halides is 3. The SMILES string of the molecule is CCn1nc(-c2nc(-c3ccc(CCN)c(C(F)(F)F)c3)no2)c2c1CC(C)(C)CC2. The summed E-state index contributed by atoms with van der Waals surface area (Å²) in [6, 6.07) is 4.05. The van der Waals surface area contributed by atoms with Gasteiger partial charge in [-0.15, -0.1) is 0 Å². The van der Waals surface area contributed by atoms with E-state index in [2.05, 4.69) is 29.1 Å². The Morgan fingerprint density at radius 2 is 2.03 bits per heavy atom. The van der Waals surface area contributed by atoms with Crippen LogP contribution in [0.1, 0.15) is 49.6 Å². The number of nitrogens with two attached hydrogens (primary N) is 1. The van der Waals surface area contributed by atoms with Crippen LogP contribution in [0.3, 0.4) is 0 Å². The second kappa shape index (κ2) is 7.78. The molecule has 9 heteroatoms. The smallest absolute Gasteiger partial charge is 0.332 e. The van der Waals surface area contributed by atoms with Crippen LogP contribution in [0.2, 0.25) is 0 Å². The summed E-state index contributed by atoms with van der Waals surface area (Å²) in [7, 11) is 0. The van der Waals surface area contributed by atoms with E-state index in [1.165, 1.54) is 11.8 Å². The maximum absolute atomic E-state index is 13.5. The molecule has 1 aliphatic carbocycles. The molecule has 0 amide bonds. The third-order valence-corrected chi connectivity index (χ3v) is 5.88. The summed E-state index contributed by atoms with van der Waals surface area (Å²) in [6.07, 6.45) is -1.58. The van der Waals surface area contributed by atoms with Gasteiger partial charge in [0.1, 0.15) is 0 Å². The molecule has 0 atom stereocenters. The first-order chi connectivity index (χ1) is 14.6. The molecule has 0 saturated carbocycles. The van der Waals surface area contributed by atoms with Crippen LogP contribution in [0.25, 0.3) is 23.0 Å². The molecule has 1 aromatic carbocycles. The summed E-state index contributed by atoms with van der Waals surface area (Å²) < 4.78 is 47.9. The highest BCUT2D eigenvalue weighted by atomic mass is 19.4. The van der Waals surface area contributed by atoms with Crippen molar-refractivity contribution in [3.8, 4) is 23.0 Å². The van der Waals surface area contributed by atoms with Gasteiger partial charge >= 0.3 is 6.18 Å². The minimum Gasteiger partial charge on any atom is -0.332 e. The average molecular weight is 433 g/mol. The molecule has 6 nitrogen and oxygen atoms in total. The molecule has 2 N–H and O–H groups in total. The normalized spacial score (nSPS) is 15.8. The molecule has 0 unspecified atom stereocenters. The lowest BCUT2D eigenvalue weighted by Gasteiger charge is -2.30. The molecule has 0 aliphatic heterocycles. The van der Waals surface area contributed by atoms with Gasteiger partial charge < -0.3 is 10.3 Å². The third-order valence-electron chi connectivity index (χ3n) is 5.88. The van der Waals surface area contributed by atoms with Crippen LogP contribution in [-0.2, 0) is 32.0 Å². The third kappa shape index (κ3) is 4.11. The van der Waals surface area contributed by atoms with Crippen LogP contribution in [0.15, 0.2) is 22.7 Å². The zero-order chi connectivity index (χ0) is 22.4. The fourth-order valence-corrected chi connectivity index (χ4v) is 4.22. The first-order valence-corrected chi connectivity index (χ1v) is 10.5. The fourth-order valence-electron chi connectivity index (χ4n) is 4.22. The lowest BCUT2D eigenvalue weighted by atomic mass is 9.76. The molecule has 3 aromatic rings. The van der Waals surface area contributed by atoms with Gasteiger partial charge in [0.15, 0.2) is 5.69 Å². The Balaban J connectivity index is 1.73. The number of rotatable bonds is 5. The number of nitrogens with zero attached hydrogens (tertiary/aromatic N) is 4. The molecular formula is C22H26F3N5O. The van der Waals surface area contributed by atoms with Gasteiger partial charge in [-0.2, -0.15) is 23.3 Å². The Morgan fingerprint density at radius 3 is 2.71 bits per heavy atom. The largest absolute Gasteiger partial charge is 0.416 e. The number of hydrogen-bond donors (Lipinski definition) is 1. The van der Waals surface area contributed by atoms with Crippen molar-refractivity contribution in [1.82, 2.24) is 19.9 Å². The van der Waals surface area contributed by atoms with Crippen LogP contribution in [-0.4, -0.2) is 26.5 Å². The zero-order valence-corrected chi connectivity index (χ0v) is 17.9. The summed E-state index contributed by atoms with van der Waals surface area (Å²) in [4.78, 5) is 4.40. The predicted molar refractivity (Wildman–Crippen MR) is 110 cm³/mol. The van der Waals surface area contributed by atoms with Crippen LogP contribution in [0.4, 0.5) is 13.2 Å². The lowest BCUT2D eigenvalue weighted by Crippen LogP contribution is -2.24. The topological polar surface area (TPSA) is 82.8 Å². The Morgan fingerprint density at radius 1 is 1.26 bits per heavy atom. The van der Waals surface area contributed by atoms with E-state index in [1.807, 2.05) is 11.6 Å². The summed E-state index contributed by atoms with van der Waals surface area (Å²) in [5.41, 5.74) is 8.20. The van der Waals surface area contributed by atoms with Crippen molar-refractivity contribution in [3.05, 3.63) is 40.6 Å². The van der Waals surface area contributed by atoms with E-state index >= 15 is 0 Å². The first-order valence-electron chi connectivity index (χ1n) is 10.5. The maximum atomic E-state index is 13.5. The molecule has 0 radical (unpaired) electrons. The highest BCUT2D eigenvalue weighted by Gasteiger charge is 2.35. The van der Waals surface area contributed by atoms with Crippen molar-refractivity contribution < 1.29 is 17.7 Å². The Bertz CT molecular complexity index is 1100. The molecule has 31 heavy (non-hydrogen) atoms. The van der Waals surface area contributed by atoms with Crippen molar-refractivity contribution in [2.24, 2.45) is 11.1 Å². The second-order valence-electron chi connectivity index (χ2n) is 8.76. The quantitative estimate of drug-likeness (QED) is 0.633. The monoisotopic (exact) mass is 433 g/mol. The van der Waals surface area contributed by atoms with Gasteiger partial charge in [0, 0.05) is 23.4 Å². The fraction of sp³-hybridized carbons (Fsp3) is 0.500. The van der Waals surface area contributed by atoms with E-state index in [0.29, 0.717) is 5.69 Å². The molecule has 0 spiro atoms. The van der Waals surface area contributed by atoms with Crippen LogP contribution < -0.4 is 5.73 Å². The number of aromatic nitrogens is 4. The van der Waals surface area contributed by atoms with E-state index in [1.54, 1.807) is 6.07 Å². The molecule has 0 bridgehead atoms. The summed E-state index contributed by atoms with van der Waals surface area (Å²) in [5.74, 6) is 0.341. The van der Waals surface area contributed by atoms with Gasteiger partial charge in [-0.05, 0) is 56.2 Å². The van der Waals surface area contributed by atoms with E-state index in [4.69, 9.17) is 10.3 Å². The number of benzene rings is 1. The number of hydrogen-bond acceptors (Lipinski definition) is 5. The van der Waals surface area contributed by atoms with Gasteiger partial charge in [-0.25, -0.2) is 0 Å². The molecular weight excluding hydrogens is 407 g/mol. The van der Waals surface area contributed by atoms with E-state index in [9.17, 15) is 13.2 Å². The van der Waals surface area contributed by atoms with Gasteiger partial charge in [0.05, 0.1) is 5.56 Å². The number of halogens is 3. The molecule has 4 rings (SSSR count). The number of fused-ring (bicyclic) bond motifs is 1. The van der Waals surface area contributed by atoms with Gasteiger partial charge in [-0.3, -0.25) is 4.68 Å². The molecule has 0 fully saturated rings. The zero-order valence-electron chi connectivity index (χ0n) is 17.9. The Hall–Kier alpha value is -2.68. The van der Waals surface area contributed by atoms with Gasteiger partial charge in [0.2, 0.25) is 5.82 Å². The highest BCUT2D eigenvalue weighted by Crippen LogP contribution is 2.39. The molecule has 2 heterocycles. The van der Waals surface area contributed by atoms with E-state index in [-0.39, 0.29) is 41.2 Å². The average Bonchev–Trinajstić information content (AvgIpc) is 3.31. The summed E-state index contributed by atoms with van der Waals surface area (Å²) in [6.45, 7) is 7.35. The standard InChI is InChI=1S/C22H26F3N5O/c1-4-30-17-12-21(2,3)9-7-15(17)18(28-30)20-27-19(29-31-20)14-6-5-13(8-10-26)16(11-14)22(23,24)25/h5-6,11H,4,7-10,12,26H2,1-3H3.